The van der Waals surface area contributed by atoms with Gasteiger partial charge in [0.15, 0.2) is 6.73 Å². The van der Waals surface area contributed by atoms with Crippen molar-refractivity contribution < 1.29 is 23.9 Å². The van der Waals surface area contributed by atoms with Crippen LogP contribution >= 0.6 is 0 Å². The molecule has 1 aliphatic rings. The third-order valence-corrected chi connectivity index (χ3v) is 4.66. The van der Waals surface area contributed by atoms with Gasteiger partial charge < -0.3 is 20.1 Å². The van der Waals surface area contributed by atoms with Crippen molar-refractivity contribution in [2.24, 2.45) is 0 Å². The molecule has 0 saturated carbocycles. The summed E-state index contributed by atoms with van der Waals surface area (Å²) in [5.74, 6) is -1.16. The molecule has 0 spiro atoms. The number of nitrogens with one attached hydrogen (secondary N) is 2. The maximum Gasteiger partial charge on any atom is 0.408 e. The van der Waals surface area contributed by atoms with Crippen LogP contribution in [0, 0.1) is 0 Å². The van der Waals surface area contributed by atoms with Crippen LogP contribution in [0.25, 0.3) is 11.1 Å². The Bertz CT molecular complexity index is 895. The van der Waals surface area contributed by atoms with Crippen LogP contribution in [0.2, 0.25) is 0 Å². The molecule has 2 N–H and O–H groups in total. The molecule has 0 unspecified atom stereocenters. The average molecular weight is 394 g/mol. The minimum atomic E-state index is -1.01. The van der Waals surface area contributed by atoms with E-state index in [1.165, 1.54) is 13.0 Å². The van der Waals surface area contributed by atoms with Crippen LogP contribution in [0.4, 0.5) is 4.79 Å². The van der Waals surface area contributed by atoms with Crippen molar-refractivity contribution >= 4 is 18.0 Å². The largest absolute Gasteiger partial charge is 0.449 e. The van der Waals surface area contributed by atoms with Gasteiger partial charge in [0.05, 0.1) is 0 Å². The molecule has 0 heterocycles. The van der Waals surface area contributed by atoms with Crippen molar-refractivity contribution in [2.75, 3.05) is 13.3 Å². The molecular weight excluding hydrogens is 372 g/mol. The molecule has 0 radical (unpaired) electrons. The van der Waals surface area contributed by atoms with E-state index in [1.54, 1.807) is 0 Å². The van der Waals surface area contributed by atoms with E-state index in [1.807, 2.05) is 36.4 Å². The smallest absolute Gasteiger partial charge is 0.408 e. The number of carbonyl (C=O) groups is 3. The molecule has 0 aromatic heterocycles. The van der Waals surface area contributed by atoms with Crippen molar-refractivity contribution in [3.63, 3.8) is 0 Å². The third kappa shape index (κ3) is 4.63. The second-order valence-electron chi connectivity index (χ2n) is 6.50. The molecule has 0 saturated heterocycles. The molecule has 3 rings (SSSR count). The lowest BCUT2D eigenvalue weighted by Gasteiger charge is -2.17. The Hall–Kier alpha value is -3.61. The van der Waals surface area contributed by atoms with Gasteiger partial charge in [-0.05, 0) is 22.3 Å². The van der Waals surface area contributed by atoms with Gasteiger partial charge in [-0.3, -0.25) is 9.59 Å². The predicted octanol–water partition coefficient (Wildman–Crippen LogP) is 2.72. The van der Waals surface area contributed by atoms with Crippen molar-refractivity contribution in [1.29, 1.82) is 0 Å². The minimum absolute atomic E-state index is 0.0758. The van der Waals surface area contributed by atoms with Gasteiger partial charge in [-0.2, -0.15) is 0 Å². The van der Waals surface area contributed by atoms with Crippen molar-refractivity contribution in [2.45, 2.75) is 18.9 Å². The van der Waals surface area contributed by atoms with Gasteiger partial charge in [-0.25, -0.2) is 4.79 Å². The summed E-state index contributed by atoms with van der Waals surface area (Å²) in [6.45, 7) is 4.62. The van der Waals surface area contributed by atoms with Crippen LogP contribution in [-0.4, -0.2) is 37.3 Å². The standard InChI is InChI=1S/C22H22N2O5/c1-3-20(21(26)23-13-29-14(2)25)24-22(27)28-12-19-17-10-6-4-8-15(17)16-9-5-7-11-18(16)19/h3-11,19-20H,1,12-13H2,2H3,(H,23,26)(H,24,27)/t20-/m0/s1. The van der Waals surface area contributed by atoms with E-state index in [9.17, 15) is 14.4 Å². The monoisotopic (exact) mass is 394 g/mol. The number of alkyl carbamates (subject to hydrolysis) is 1. The Morgan fingerprint density at radius 1 is 1.03 bits per heavy atom. The van der Waals surface area contributed by atoms with E-state index in [2.05, 4.69) is 34.1 Å². The van der Waals surface area contributed by atoms with Crippen LogP contribution in [0.5, 0.6) is 0 Å². The van der Waals surface area contributed by atoms with Gasteiger partial charge in [0.2, 0.25) is 5.91 Å². The van der Waals surface area contributed by atoms with E-state index in [0.29, 0.717) is 0 Å². The molecule has 29 heavy (non-hydrogen) atoms. The number of hydrogen-bond acceptors (Lipinski definition) is 5. The molecule has 0 fully saturated rings. The van der Waals surface area contributed by atoms with E-state index >= 15 is 0 Å². The molecular formula is C22H22N2O5. The quantitative estimate of drug-likeness (QED) is 0.428. The van der Waals surface area contributed by atoms with Crippen LogP contribution in [0.1, 0.15) is 24.0 Å². The first kappa shape index (κ1) is 20.1. The van der Waals surface area contributed by atoms with E-state index in [4.69, 9.17) is 4.74 Å². The summed E-state index contributed by atoms with van der Waals surface area (Å²) in [6, 6.07) is 15.0. The summed E-state index contributed by atoms with van der Waals surface area (Å²) in [7, 11) is 0. The average Bonchev–Trinajstić information content (AvgIpc) is 3.04. The van der Waals surface area contributed by atoms with Gasteiger partial charge in [0, 0.05) is 12.8 Å². The molecule has 7 heteroatoms. The first-order valence-corrected chi connectivity index (χ1v) is 9.16. The van der Waals surface area contributed by atoms with Crippen LogP contribution < -0.4 is 10.6 Å². The Balaban J connectivity index is 1.60. The first-order valence-electron chi connectivity index (χ1n) is 9.16. The molecule has 1 aliphatic carbocycles. The second-order valence-corrected chi connectivity index (χ2v) is 6.50. The zero-order valence-electron chi connectivity index (χ0n) is 16.0. The fourth-order valence-corrected chi connectivity index (χ4v) is 3.32. The molecule has 0 bridgehead atoms. The minimum Gasteiger partial charge on any atom is -0.449 e. The summed E-state index contributed by atoms with van der Waals surface area (Å²) >= 11 is 0. The van der Waals surface area contributed by atoms with Crippen LogP contribution in [-0.2, 0) is 19.1 Å². The first-order chi connectivity index (χ1) is 14.0. The highest BCUT2D eigenvalue weighted by Gasteiger charge is 2.29. The maximum atomic E-state index is 12.2. The summed E-state index contributed by atoms with van der Waals surface area (Å²) in [4.78, 5) is 35.0. The molecule has 0 aliphatic heterocycles. The summed E-state index contributed by atoms with van der Waals surface area (Å²) in [5, 5.41) is 4.81. The van der Waals surface area contributed by atoms with Crippen LogP contribution in [0.3, 0.4) is 0 Å². The number of benzene rings is 2. The fraction of sp³-hybridized carbons (Fsp3) is 0.227. The zero-order chi connectivity index (χ0) is 20.8. The highest BCUT2D eigenvalue weighted by molar-refractivity contribution is 5.87. The molecule has 7 nitrogen and oxygen atoms in total. The summed E-state index contributed by atoms with van der Waals surface area (Å²) in [6.07, 6.45) is 0.532. The van der Waals surface area contributed by atoms with Crippen molar-refractivity contribution in [3.05, 3.63) is 72.3 Å². The lowest BCUT2D eigenvalue weighted by Crippen LogP contribution is -2.46. The van der Waals surface area contributed by atoms with Gasteiger partial charge in [-0.15, -0.1) is 6.58 Å². The number of fused-ring (bicyclic) bond motifs is 3. The maximum absolute atomic E-state index is 12.2. The Morgan fingerprint density at radius 3 is 2.17 bits per heavy atom. The van der Waals surface area contributed by atoms with Gasteiger partial charge >= 0.3 is 12.1 Å². The molecule has 2 aromatic carbocycles. The van der Waals surface area contributed by atoms with Crippen LogP contribution in [0.15, 0.2) is 61.2 Å². The lowest BCUT2D eigenvalue weighted by atomic mass is 9.98. The second kappa shape index (κ2) is 9.05. The number of amides is 2. The number of rotatable bonds is 7. The SMILES string of the molecule is C=C[C@H](NC(=O)OCC1c2ccccc2-c2ccccc21)C(=O)NCOC(C)=O. The molecule has 150 valence electrons. The predicted molar refractivity (Wildman–Crippen MR) is 107 cm³/mol. The summed E-state index contributed by atoms with van der Waals surface area (Å²) in [5.41, 5.74) is 4.46. The lowest BCUT2D eigenvalue weighted by molar-refractivity contribution is -0.142. The van der Waals surface area contributed by atoms with E-state index in [0.717, 1.165) is 22.3 Å². The third-order valence-electron chi connectivity index (χ3n) is 4.66. The van der Waals surface area contributed by atoms with E-state index in [-0.39, 0.29) is 19.3 Å². The number of esters is 1. The molecule has 1 atom stereocenters. The van der Waals surface area contributed by atoms with Gasteiger partial charge in [-0.1, -0.05) is 54.6 Å². The zero-order valence-corrected chi connectivity index (χ0v) is 16.0. The van der Waals surface area contributed by atoms with E-state index < -0.39 is 24.0 Å². The number of carbonyl (C=O) groups excluding carboxylic acids is 3. The van der Waals surface area contributed by atoms with Gasteiger partial charge in [0.1, 0.15) is 12.6 Å². The molecule has 2 amide bonds. The number of ether oxygens (including phenoxy) is 2. The highest BCUT2D eigenvalue weighted by atomic mass is 16.6. The topological polar surface area (TPSA) is 93.7 Å². The van der Waals surface area contributed by atoms with Crippen molar-refractivity contribution in [3.8, 4) is 11.1 Å². The van der Waals surface area contributed by atoms with Gasteiger partial charge in [0.25, 0.3) is 0 Å². The Labute approximate surface area is 168 Å². The fourth-order valence-electron chi connectivity index (χ4n) is 3.32. The normalized spacial score (nSPS) is 12.9. The molecule has 2 aromatic rings. The Morgan fingerprint density at radius 2 is 1.62 bits per heavy atom. The number of hydrogen-bond donors (Lipinski definition) is 2. The summed E-state index contributed by atoms with van der Waals surface area (Å²) < 4.78 is 10.0. The van der Waals surface area contributed by atoms with Crippen molar-refractivity contribution in [1.82, 2.24) is 10.6 Å². The highest BCUT2D eigenvalue weighted by Crippen LogP contribution is 2.44. The Kier molecular flexibility index (Phi) is 6.29.